The largest absolute Gasteiger partial charge is 0.353 e. The summed E-state index contributed by atoms with van der Waals surface area (Å²) >= 11 is 0. The second-order valence-electron chi connectivity index (χ2n) is 7.33. The Morgan fingerprint density at radius 2 is 1.96 bits per heavy atom. The third-order valence-corrected chi connectivity index (χ3v) is 5.35. The molecule has 1 fully saturated rings. The van der Waals surface area contributed by atoms with E-state index in [9.17, 15) is 4.79 Å². The van der Waals surface area contributed by atoms with E-state index in [1.54, 1.807) is 0 Å². The van der Waals surface area contributed by atoms with Gasteiger partial charge < -0.3 is 15.2 Å². The van der Waals surface area contributed by atoms with Gasteiger partial charge in [-0.25, -0.2) is 0 Å². The first-order valence-corrected chi connectivity index (χ1v) is 9.73. The van der Waals surface area contributed by atoms with Crippen molar-refractivity contribution in [2.45, 2.75) is 57.4 Å². The van der Waals surface area contributed by atoms with Gasteiger partial charge >= 0.3 is 0 Å². The van der Waals surface area contributed by atoms with Crippen LogP contribution < -0.4 is 10.6 Å². The van der Waals surface area contributed by atoms with Crippen LogP contribution in [0, 0.1) is 0 Å². The number of hydrogen-bond acceptors (Lipinski definition) is 5. The van der Waals surface area contributed by atoms with Crippen LogP contribution in [0.1, 0.15) is 49.1 Å². The van der Waals surface area contributed by atoms with E-state index in [2.05, 4.69) is 32.9 Å². The lowest BCUT2D eigenvalue weighted by Crippen LogP contribution is -2.37. The number of nitrogens with zero attached hydrogens (tertiary/aromatic N) is 2. The van der Waals surface area contributed by atoms with Crippen molar-refractivity contribution in [1.29, 1.82) is 0 Å². The molecule has 1 amide bonds. The van der Waals surface area contributed by atoms with Crippen LogP contribution in [0.15, 0.2) is 22.7 Å². The fraction of sp³-hybridized carbons (Fsp3) is 0.550. The molecule has 0 radical (unpaired) electrons. The second kappa shape index (κ2) is 7.99. The summed E-state index contributed by atoms with van der Waals surface area (Å²) in [5.74, 6) is 0.924. The topological polar surface area (TPSA) is 80.1 Å². The van der Waals surface area contributed by atoms with Crippen LogP contribution in [0.5, 0.6) is 0 Å². The van der Waals surface area contributed by atoms with Gasteiger partial charge in [-0.1, -0.05) is 30.5 Å². The van der Waals surface area contributed by atoms with Gasteiger partial charge in [-0.3, -0.25) is 4.79 Å². The SMILES string of the molecule is O=C(Cc1noc(-c2ccc3c(c2)CCNCC3)n1)NC1CCCCC1. The van der Waals surface area contributed by atoms with Gasteiger partial charge in [0.05, 0.1) is 6.42 Å². The number of hydrogen-bond donors (Lipinski definition) is 2. The van der Waals surface area contributed by atoms with Crippen LogP contribution in [0.3, 0.4) is 0 Å². The Kier molecular flexibility index (Phi) is 5.29. The molecule has 0 bridgehead atoms. The van der Waals surface area contributed by atoms with E-state index in [1.165, 1.54) is 30.4 Å². The number of nitrogens with one attached hydrogen (secondary N) is 2. The summed E-state index contributed by atoms with van der Waals surface area (Å²) in [6.07, 6.45) is 8.06. The van der Waals surface area contributed by atoms with Gasteiger partial charge in [0.1, 0.15) is 0 Å². The summed E-state index contributed by atoms with van der Waals surface area (Å²) < 4.78 is 5.41. The summed E-state index contributed by atoms with van der Waals surface area (Å²) in [7, 11) is 0. The molecule has 1 aliphatic carbocycles. The summed E-state index contributed by atoms with van der Waals surface area (Å²) in [6, 6.07) is 6.63. The van der Waals surface area contributed by atoms with Gasteiger partial charge in [-0.2, -0.15) is 4.98 Å². The summed E-state index contributed by atoms with van der Waals surface area (Å²) in [5, 5.41) is 10.5. The van der Waals surface area contributed by atoms with Crippen LogP contribution in [-0.4, -0.2) is 35.2 Å². The maximum atomic E-state index is 12.2. The Labute approximate surface area is 153 Å². The maximum Gasteiger partial charge on any atom is 0.257 e. The zero-order valence-electron chi connectivity index (χ0n) is 15.1. The van der Waals surface area contributed by atoms with Crippen LogP contribution in [0.4, 0.5) is 0 Å². The predicted molar refractivity (Wildman–Crippen MR) is 98.7 cm³/mol. The maximum absolute atomic E-state index is 12.2. The highest BCUT2D eigenvalue weighted by Crippen LogP contribution is 2.23. The number of rotatable bonds is 4. The Balaban J connectivity index is 1.41. The van der Waals surface area contributed by atoms with Gasteiger partial charge in [0.2, 0.25) is 5.91 Å². The molecule has 0 unspecified atom stereocenters. The summed E-state index contributed by atoms with van der Waals surface area (Å²) in [5.41, 5.74) is 3.64. The van der Waals surface area contributed by atoms with Crippen LogP contribution in [0.2, 0.25) is 0 Å². The molecule has 26 heavy (non-hydrogen) atoms. The van der Waals surface area contributed by atoms with E-state index < -0.39 is 0 Å². The van der Waals surface area contributed by atoms with E-state index >= 15 is 0 Å². The number of fused-ring (bicyclic) bond motifs is 1. The first-order valence-electron chi connectivity index (χ1n) is 9.73. The lowest BCUT2D eigenvalue weighted by atomic mass is 9.95. The third-order valence-electron chi connectivity index (χ3n) is 5.35. The van der Waals surface area contributed by atoms with E-state index in [-0.39, 0.29) is 12.3 Å². The first-order chi connectivity index (χ1) is 12.8. The molecule has 2 aromatic rings. The molecule has 2 heterocycles. The van der Waals surface area contributed by atoms with Crippen molar-refractivity contribution in [3.63, 3.8) is 0 Å². The van der Waals surface area contributed by atoms with Crippen molar-refractivity contribution in [2.24, 2.45) is 0 Å². The molecular formula is C20H26N4O2. The third kappa shape index (κ3) is 4.12. The predicted octanol–water partition coefficient (Wildman–Crippen LogP) is 2.42. The van der Waals surface area contributed by atoms with Gasteiger partial charge in [-0.15, -0.1) is 0 Å². The lowest BCUT2D eigenvalue weighted by molar-refractivity contribution is -0.121. The van der Waals surface area contributed by atoms with E-state index in [0.29, 0.717) is 17.8 Å². The van der Waals surface area contributed by atoms with Gasteiger partial charge in [0.25, 0.3) is 5.89 Å². The molecule has 0 saturated heterocycles. The van der Waals surface area contributed by atoms with Crippen molar-refractivity contribution < 1.29 is 9.32 Å². The minimum absolute atomic E-state index is 0.0164. The minimum Gasteiger partial charge on any atom is -0.353 e. The highest BCUT2D eigenvalue weighted by atomic mass is 16.5. The Bertz CT molecular complexity index is 765. The van der Waals surface area contributed by atoms with Crippen molar-refractivity contribution in [2.75, 3.05) is 13.1 Å². The van der Waals surface area contributed by atoms with E-state index in [0.717, 1.165) is 44.3 Å². The van der Waals surface area contributed by atoms with Gasteiger partial charge in [0, 0.05) is 11.6 Å². The van der Waals surface area contributed by atoms with Crippen molar-refractivity contribution in [1.82, 2.24) is 20.8 Å². The molecule has 1 saturated carbocycles. The zero-order valence-corrected chi connectivity index (χ0v) is 15.1. The standard InChI is InChI=1S/C20H26N4O2/c25-19(22-17-4-2-1-3-5-17)13-18-23-20(26-24-18)16-7-6-14-8-10-21-11-9-15(14)12-16/h6-7,12,17,21H,1-5,8-11,13H2,(H,22,25). The van der Waals surface area contributed by atoms with Crippen molar-refractivity contribution in [3.8, 4) is 11.5 Å². The summed E-state index contributed by atoms with van der Waals surface area (Å²) in [6.45, 7) is 2.01. The van der Waals surface area contributed by atoms with E-state index in [4.69, 9.17) is 4.52 Å². The molecule has 6 heteroatoms. The highest BCUT2D eigenvalue weighted by molar-refractivity contribution is 5.78. The van der Waals surface area contributed by atoms with E-state index in [1.807, 2.05) is 6.07 Å². The quantitative estimate of drug-likeness (QED) is 0.881. The smallest absolute Gasteiger partial charge is 0.257 e. The first kappa shape index (κ1) is 17.2. The van der Waals surface area contributed by atoms with Crippen molar-refractivity contribution in [3.05, 3.63) is 35.2 Å². The molecule has 2 N–H and O–H groups in total. The number of benzene rings is 1. The fourth-order valence-electron chi connectivity index (χ4n) is 3.92. The normalized spacial score (nSPS) is 18.2. The molecule has 1 aromatic heterocycles. The van der Waals surface area contributed by atoms with Crippen molar-refractivity contribution >= 4 is 5.91 Å². The fourth-order valence-corrected chi connectivity index (χ4v) is 3.92. The molecule has 0 atom stereocenters. The number of amides is 1. The van der Waals surface area contributed by atoms with Gasteiger partial charge in [-0.05, 0) is 62.0 Å². The minimum atomic E-state index is -0.0164. The molecule has 0 spiro atoms. The average molecular weight is 354 g/mol. The molecular weight excluding hydrogens is 328 g/mol. The Morgan fingerprint density at radius 3 is 2.81 bits per heavy atom. The molecule has 1 aromatic carbocycles. The van der Waals surface area contributed by atoms with Crippen LogP contribution >= 0.6 is 0 Å². The molecule has 6 nitrogen and oxygen atoms in total. The Morgan fingerprint density at radius 1 is 1.15 bits per heavy atom. The number of carbonyl (C=O) groups excluding carboxylic acids is 1. The highest BCUT2D eigenvalue weighted by Gasteiger charge is 2.18. The second-order valence-corrected chi connectivity index (χ2v) is 7.33. The number of aromatic nitrogens is 2. The molecule has 138 valence electrons. The van der Waals surface area contributed by atoms with Gasteiger partial charge in [0.15, 0.2) is 5.82 Å². The molecule has 1 aliphatic heterocycles. The summed E-state index contributed by atoms with van der Waals surface area (Å²) in [4.78, 5) is 16.6. The lowest BCUT2D eigenvalue weighted by Gasteiger charge is -2.22. The molecule has 4 rings (SSSR count). The average Bonchev–Trinajstić information content (AvgIpc) is 2.98. The Hall–Kier alpha value is -2.21. The zero-order chi connectivity index (χ0) is 17.8. The monoisotopic (exact) mass is 354 g/mol. The van der Waals surface area contributed by atoms with Crippen LogP contribution in [-0.2, 0) is 24.1 Å². The van der Waals surface area contributed by atoms with Crippen LogP contribution in [0.25, 0.3) is 11.5 Å². The molecule has 2 aliphatic rings. The number of carbonyl (C=O) groups is 1.